The number of aliphatic imine (C=N–C) groups is 1. The second-order valence-electron chi connectivity index (χ2n) is 7.78. The Morgan fingerprint density at radius 3 is 2.52 bits per heavy atom. The van der Waals surface area contributed by atoms with Crippen LogP contribution in [0.15, 0.2) is 81.2 Å². The molecule has 0 heterocycles. The molecule has 1 aromatic carbocycles. The number of thioether (sulfide) groups is 1. The number of carbonyl (C=O) groups excluding carboxylic acids is 1. The van der Waals surface area contributed by atoms with Crippen molar-refractivity contribution in [2.24, 2.45) is 4.99 Å². The van der Waals surface area contributed by atoms with Crippen LogP contribution in [0.3, 0.4) is 0 Å². The molecule has 178 valence electrons. The van der Waals surface area contributed by atoms with E-state index < -0.39 is 0 Å². The molecule has 0 bridgehead atoms. The van der Waals surface area contributed by atoms with Crippen molar-refractivity contribution >= 4 is 29.6 Å². The Morgan fingerprint density at radius 1 is 1.09 bits per heavy atom. The highest BCUT2D eigenvalue weighted by atomic mass is 32.2. The van der Waals surface area contributed by atoms with Crippen LogP contribution in [-0.2, 0) is 0 Å². The predicted molar refractivity (Wildman–Crippen MR) is 148 cm³/mol. The van der Waals surface area contributed by atoms with Crippen molar-refractivity contribution in [3.63, 3.8) is 0 Å². The SMILES string of the molecule is C\C=C/C=C\C(=C/CC)C(\C)=C\S/C(=C/CCC)NC(=O)c1ccc(C)c(N=CCCC)c1. The lowest BCUT2D eigenvalue weighted by Gasteiger charge is -2.10. The first-order valence-corrected chi connectivity index (χ1v) is 12.8. The Bertz CT molecular complexity index is 933. The third-order valence-electron chi connectivity index (χ3n) is 4.80. The summed E-state index contributed by atoms with van der Waals surface area (Å²) in [6, 6.07) is 5.69. The van der Waals surface area contributed by atoms with Gasteiger partial charge in [-0.2, -0.15) is 0 Å². The van der Waals surface area contributed by atoms with E-state index in [-0.39, 0.29) is 5.91 Å². The van der Waals surface area contributed by atoms with Crippen molar-refractivity contribution in [2.45, 2.75) is 73.6 Å². The number of hydrogen-bond donors (Lipinski definition) is 1. The van der Waals surface area contributed by atoms with E-state index in [4.69, 9.17) is 0 Å². The van der Waals surface area contributed by atoms with Gasteiger partial charge < -0.3 is 5.32 Å². The summed E-state index contributed by atoms with van der Waals surface area (Å²) >= 11 is 1.55. The molecule has 1 rings (SSSR count). The van der Waals surface area contributed by atoms with Crippen molar-refractivity contribution < 1.29 is 4.79 Å². The molecule has 4 heteroatoms. The zero-order valence-corrected chi connectivity index (χ0v) is 22.0. The van der Waals surface area contributed by atoms with Crippen LogP contribution in [0, 0.1) is 6.92 Å². The van der Waals surface area contributed by atoms with Crippen LogP contribution < -0.4 is 5.32 Å². The van der Waals surface area contributed by atoms with Crippen LogP contribution in [0.25, 0.3) is 0 Å². The molecule has 3 nitrogen and oxygen atoms in total. The molecule has 1 aromatic rings. The van der Waals surface area contributed by atoms with Gasteiger partial charge >= 0.3 is 0 Å². The third-order valence-corrected chi connectivity index (χ3v) is 5.79. The molecule has 0 aliphatic heterocycles. The average molecular weight is 465 g/mol. The first-order chi connectivity index (χ1) is 16.0. The van der Waals surface area contributed by atoms with Gasteiger partial charge in [-0.05, 0) is 74.3 Å². The maximum absolute atomic E-state index is 13.0. The van der Waals surface area contributed by atoms with E-state index in [1.54, 1.807) is 11.8 Å². The van der Waals surface area contributed by atoms with E-state index >= 15 is 0 Å². The number of allylic oxidation sites excluding steroid dienone is 8. The van der Waals surface area contributed by atoms with Crippen LogP contribution in [-0.4, -0.2) is 12.1 Å². The van der Waals surface area contributed by atoms with Gasteiger partial charge in [0.15, 0.2) is 0 Å². The lowest BCUT2D eigenvalue weighted by Crippen LogP contribution is -2.21. The summed E-state index contributed by atoms with van der Waals surface area (Å²) in [7, 11) is 0. The summed E-state index contributed by atoms with van der Waals surface area (Å²) in [5.74, 6) is -0.111. The molecule has 0 aromatic heterocycles. The molecule has 0 saturated heterocycles. The summed E-state index contributed by atoms with van der Waals surface area (Å²) in [5.41, 5.74) is 4.89. The van der Waals surface area contributed by atoms with Gasteiger partial charge in [0.2, 0.25) is 0 Å². The van der Waals surface area contributed by atoms with Gasteiger partial charge in [-0.3, -0.25) is 9.79 Å². The van der Waals surface area contributed by atoms with E-state index in [0.29, 0.717) is 5.56 Å². The summed E-state index contributed by atoms with van der Waals surface area (Å²) < 4.78 is 0. The lowest BCUT2D eigenvalue weighted by atomic mass is 10.1. The maximum atomic E-state index is 13.0. The maximum Gasteiger partial charge on any atom is 0.256 e. The standard InChI is InChI=1S/C29H40N2OS/c1-7-11-14-16-25(15-10-4)24(6)22-33-28(17-12-8-2)31-29(32)26-19-18-23(5)27(21-26)30-20-13-9-3/h7,11,14-22H,8-10,12-13H2,1-6H3,(H,31,32)/b11-7-,16-14-,24-22+,25-15+,28-17+,30-20?. The quantitative estimate of drug-likeness (QED) is 0.234. The topological polar surface area (TPSA) is 41.5 Å². The molecule has 0 aliphatic carbocycles. The second-order valence-corrected chi connectivity index (χ2v) is 8.70. The fraction of sp³-hybridized carbons (Fsp3) is 0.379. The number of benzene rings is 1. The summed E-state index contributed by atoms with van der Waals surface area (Å²) in [6.07, 6.45) is 19.3. The Morgan fingerprint density at radius 2 is 1.85 bits per heavy atom. The van der Waals surface area contributed by atoms with Crippen molar-refractivity contribution in [2.75, 3.05) is 0 Å². The Kier molecular flexibility index (Phi) is 14.6. The fourth-order valence-corrected chi connectivity index (χ4v) is 3.65. The van der Waals surface area contributed by atoms with Gasteiger partial charge in [-0.15, -0.1) is 0 Å². The van der Waals surface area contributed by atoms with Crippen molar-refractivity contribution in [1.82, 2.24) is 5.32 Å². The molecule has 0 saturated carbocycles. The molecule has 1 amide bonds. The van der Waals surface area contributed by atoms with Crippen LogP contribution in [0.4, 0.5) is 5.69 Å². The molecular weight excluding hydrogens is 424 g/mol. The van der Waals surface area contributed by atoms with Crippen molar-refractivity contribution in [3.8, 4) is 0 Å². The minimum absolute atomic E-state index is 0.111. The van der Waals surface area contributed by atoms with E-state index in [1.807, 2.05) is 50.4 Å². The van der Waals surface area contributed by atoms with E-state index in [9.17, 15) is 4.79 Å². The molecule has 0 spiro atoms. The van der Waals surface area contributed by atoms with E-state index in [0.717, 1.165) is 48.4 Å². The summed E-state index contributed by atoms with van der Waals surface area (Å²) in [5, 5.41) is 6.06. The monoisotopic (exact) mass is 464 g/mol. The van der Waals surface area contributed by atoms with Crippen LogP contribution >= 0.6 is 11.8 Å². The molecule has 0 atom stereocenters. The first-order valence-electron chi connectivity index (χ1n) is 11.9. The van der Waals surface area contributed by atoms with Crippen LogP contribution in [0.5, 0.6) is 0 Å². The first kappa shape index (κ1) is 28.4. The van der Waals surface area contributed by atoms with Crippen LogP contribution in [0.2, 0.25) is 0 Å². The number of nitrogens with zero attached hydrogens (tertiary/aromatic N) is 1. The molecule has 0 radical (unpaired) electrons. The summed E-state index contributed by atoms with van der Waals surface area (Å²) in [6.45, 7) is 12.5. The highest BCUT2D eigenvalue weighted by Crippen LogP contribution is 2.24. The Balaban J connectivity index is 3.04. The lowest BCUT2D eigenvalue weighted by molar-refractivity contribution is 0.0968. The van der Waals surface area contributed by atoms with Gasteiger partial charge in [0.1, 0.15) is 0 Å². The number of unbranched alkanes of at least 4 members (excludes halogenated alkanes) is 2. The smallest absolute Gasteiger partial charge is 0.256 e. The minimum atomic E-state index is -0.111. The largest absolute Gasteiger partial charge is 0.317 e. The zero-order valence-electron chi connectivity index (χ0n) is 21.2. The number of nitrogens with one attached hydrogen (secondary N) is 1. The highest BCUT2D eigenvalue weighted by molar-refractivity contribution is 8.05. The van der Waals surface area contributed by atoms with Gasteiger partial charge in [-0.1, -0.05) is 87.9 Å². The van der Waals surface area contributed by atoms with Gasteiger partial charge in [0, 0.05) is 11.8 Å². The molecule has 0 aliphatic rings. The van der Waals surface area contributed by atoms with Crippen molar-refractivity contribution in [1.29, 1.82) is 0 Å². The van der Waals surface area contributed by atoms with Gasteiger partial charge in [-0.25, -0.2) is 0 Å². The molecular formula is C29H40N2OS. The van der Waals surface area contributed by atoms with E-state index in [2.05, 4.69) is 67.7 Å². The molecule has 0 unspecified atom stereocenters. The number of rotatable bonds is 13. The molecule has 33 heavy (non-hydrogen) atoms. The van der Waals surface area contributed by atoms with Gasteiger partial charge in [0.05, 0.1) is 10.7 Å². The predicted octanol–water partition coefficient (Wildman–Crippen LogP) is 8.97. The average Bonchev–Trinajstić information content (AvgIpc) is 2.81. The number of amides is 1. The Hall–Kier alpha value is -2.59. The second kappa shape index (κ2) is 17.0. The highest BCUT2D eigenvalue weighted by Gasteiger charge is 2.10. The fourth-order valence-electron chi connectivity index (χ4n) is 2.84. The van der Waals surface area contributed by atoms with Crippen LogP contribution in [0.1, 0.15) is 82.6 Å². The number of hydrogen-bond acceptors (Lipinski definition) is 3. The summed E-state index contributed by atoms with van der Waals surface area (Å²) in [4.78, 5) is 17.5. The zero-order chi connectivity index (χ0) is 24.5. The van der Waals surface area contributed by atoms with Crippen molar-refractivity contribution in [3.05, 3.63) is 87.4 Å². The molecule has 0 fully saturated rings. The molecule has 1 N–H and O–H groups in total. The third kappa shape index (κ3) is 11.2. The van der Waals surface area contributed by atoms with Gasteiger partial charge in [0.25, 0.3) is 5.91 Å². The number of carbonyl (C=O) groups is 1. The Labute approximate surface area is 205 Å². The number of aryl methyl sites for hydroxylation is 1. The normalized spacial score (nSPS) is 13.6. The minimum Gasteiger partial charge on any atom is -0.317 e. The van der Waals surface area contributed by atoms with E-state index in [1.165, 1.54) is 11.1 Å².